The van der Waals surface area contributed by atoms with Crippen LogP contribution >= 0.6 is 11.6 Å². The van der Waals surface area contributed by atoms with E-state index < -0.39 is 17.7 Å². The zero-order chi connectivity index (χ0) is 18.9. The number of carbonyl (C=O) groups is 2. The fraction of sp³-hybridized carbons (Fsp3) is 0.800. The van der Waals surface area contributed by atoms with Crippen molar-refractivity contribution in [2.75, 3.05) is 5.88 Å². The van der Waals surface area contributed by atoms with Gasteiger partial charge < -0.3 is 10.2 Å². The monoisotopic (exact) mass is 374 g/mol. The summed E-state index contributed by atoms with van der Waals surface area (Å²) in [6.45, 7) is 2.18. The molecule has 1 unspecified atom stereocenters. The van der Waals surface area contributed by atoms with Gasteiger partial charge in [-0.25, -0.2) is 0 Å². The molecule has 25 heavy (non-hydrogen) atoms. The Hall–Kier alpha value is -0.870. The fourth-order valence-electron chi connectivity index (χ4n) is 2.78. The summed E-state index contributed by atoms with van der Waals surface area (Å²) >= 11 is 5.43. The van der Waals surface area contributed by atoms with E-state index >= 15 is 0 Å². The Morgan fingerprint density at radius 1 is 0.960 bits per heavy atom. The molecule has 0 saturated carbocycles. The highest BCUT2D eigenvalue weighted by molar-refractivity contribution is 6.29. The van der Waals surface area contributed by atoms with Crippen molar-refractivity contribution in [3.63, 3.8) is 0 Å². The van der Waals surface area contributed by atoms with Crippen molar-refractivity contribution < 1.29 is 19.8 Å². The largest absolute Gasteiger partial charge is 0.481 e. The van der Waals surface area contributed by atoms with Gasteiger partial charge in [0.1, 0.15) is 5.92 Å². The number of carbonyl (C=O) groups excluding carboxylic acids is 1. The molecule has 2 N–H and O–H groups in total. The summed E-state index contributed by atoms with van der Waals surface area (Å²) in [5.74, 6) is -2.64. The summed E-state index contributed by atoms with van der Waals surface area (Å²) < 4.78 is 0. The molecule has 0 spiro atoms. The van der Waals surface area contributed by atoms with Gasteiger partial charge in [0.15, 0.2) is 5.78 Å². The van der Waals surface area contributed by atoms with Crippen LogP contribution in [0, 0.1) is 5.92 Å². The average molecular weight is 375 g/mol. The van der Waals surface area contributed by atoms with E-state index in [1.807, 2.05) is 0 Å². The first-order valence-electron chi connectivity index (χ1n) is 9.67. The summed E-state index contributed by atoms with van der Waals surface area (Å²) in [5.41, 5.74) is 0. The number of hydrogen-bond acceptors (Lipinski definition) is 3. The summed E-state index contributed by atoms with van der Waals surface area (Å²) in [6, 6.07) is 0. The van der Waals surface area contributed by atoms with Crippen LogP contribution in [0.3, 0.4) is 0 Å². The molecule has 0 rings (SSSR count). The Kier molecular flexibility index (Phi) is 16.0. The first-order valence-corrected chi connectivity index (χ1v) is 10.2. The normalized spacial score (nSPS) is 13.9. The van der Waals surface area contributed by atoms with Crippen molar-refractivity contribution in [3.8, 4) is 0 Å². The molecule has 0 heterocycles. The minimum Gasteiger partial charge on any atom is -0.481 e. The maximum Gasteiger partial charge on any atom is 0.314 e. The highest BCUT2D eigenvalue weighted by Crippen LogP contribution is 2.14. The molecule has 5 heteroatoms. The molecule has 0 saturated heterocycles. The SMILES string of the molecule is CCCCCC[C@@H](O)C/C=C\CCCCCCC(C(=O)O)C(=O)CCl. The molecular formula is C20H35ClO4. The van der Waals surface area contributed by atoms with Crippen LogP contribution in [-0.2, 0) is 9.59 Å². The predicted molar refractivity (Wildman–Crippen MR) is 103 cm³/mol. The number of carboxylic acid groups (broad SMARTS) is 1. The van der Waals surface area contributed by atoms with Gasteiger partial charge in [-0.05, 0) is 32.1 Å². The number of Topliss-reactive ketones (excluding diaryl/α,β-unsaturated/α-hetero) is 1. The molecule has 0 aromatic carbocycles. The third-order valence-electron chi connectivity index (χ3n) is 4.40. The molecule has 4 nitrogen and oxygen atoms in total. The molecule has 2 atom stereocenters. The molecule has 0 fully saturated rings. The van der Waals surface area contributed by atoms with Gasteiger partial charge >= 0.3 is 5.97 Å². The Balaban J connectivity index is 3.59. The Morgan fingerprint density at radius 3 is 2.24 bits per heavy atom. The Morgan fingerprint density at radius 2 is 1.60 bits per heavy atom. The number of halogens is 1. The van der Waals surface area contributed by atoms with E-state index in [4.69, 9.17) is 16.7 Å². The average Bonchev–Trinajstić information content (AvgIpc) is 2.59. The number of rotatable bonds is 17. The van der Waals surface area contributed by atoms with Crippen LogP contribution in [0.2, 0.25) is 0 Å². The predicted octanol–water partition coefficient (Wildman–Crippen LogP) is 5.11. The first kappa shape index (κ1) is 24.1. The minimum absolute atomic E-state index is 0.222. The Labute approximate surface area is 157 Å². The summed E-state index contributed by atoms with van der Waals surface area (Å²) in [5, 5.41) is 18.8. The molecule has 0 aliphatic heterocycles. The van der Waals surface area contributed by atoms with Crippen LogP contribution in [0.5, 0.6) is 0 Å². The van der Waals surface area contributed by atoms with Gasteiger partial charge in [-0.15, -0.1) is 11.6 Å². The molecule has 146 valence electrons. The fourth-order valence-corrected chi connectivity index (χ4v) is 2.96. The zero-order valence-corrected chi connectivity index (χ0v) is 16.3. The number of allylic oxidation sites excluding steroid dienone is 1. The van der Waals surface area contributed by atoms with Crippen LogP contribution in [0.25, 0.3) is 0 Å². The lowest BCUT2D eigenvalue weighted by Crippen LogP contribution is -2.24. The van der Waals surface area contributed by atoms with Crippen molar-refractivity contribution in [1.82, 2.24) is 0 Å². The van der Waals surface area contributed by atoms with E-state index in [2.05, 4.69) is 19.1 Å². The second kappa shape index (κ2) is 16.6. The number of alkyl halides is 1. The maximum absolute atomic E-state index is 11.4. The van der Waals surface area contributed by atoms with Gasteiger partial charge in [0.05, 0.1) is 12.0 Å². The maximum atomic E-state index is 11.4. The molecule has 0 aromatic heterocycles. The number of aliphatic hydroxyl groups is 1. The minimum atomic E-state index is -1.07. The van der Waals surface area contributed by atoms with E-state index in [9.17, 15) is 14.7 Å². The van der Waals surface area contributed by atoms with E-state index in [1.54, 1.807) is 0 Å². The topological polar surface area (TPSA) is 74.6 Å². The highest BCUT2D eigenvalue weighted by atomic mass is 35.5. The van der Waals surface area contributed by atoms with Crippen LogP contribution in [0.1, 0.15) is 84.0 Å². The zero-order valence-electron chi connectivity index (χ0n) is 15.6. The van der Waals surface area contributed by atoms with Crippen molar-refractivity contribution in [1.29, 1.82) is 0 Å². The number of carboxylic acids is 1. The van der Waals surface area contributed by atoms with E-state index in [1.165, 1.54) is 19.3 Å². The summed E-state index contributed by atoms with van der Waals surface area (Å²) in [7, 11) is 0. The molecular weight excluding hydrogens is 340 g/mol. The standard InChI is InChI=1S/C20H35ClO4/c1-2-3-4-10-13-17(22)14-11-8-6-5-7-9-12-15-18(20(24)25)19(23)16-21/h8,11,17-18,22H,2-7,9-10,12-16H2,1H3,(H,24,25)/b11-8-/t17-,18?/m1/s1. The van der Waals surface area contributed by atoms with Crippen molar-refractivity contribution in [2.45, 2.75) is 90.1 Å². The van der Waals surface area contributed by atoms with E-state index in [0.29, 0.717) is 6.42 Å². The number of unbranched alkanes of at least 4 members (excludes halogenated alkanes) is 7. The molecule has 0 aromatic rings. The molecule has 0 aliphatic carbocycles. The number of hydrogen-bond donors (Lipinski definition) is 2. The van der Waals surface area contributed by atoms with E-state index in [-0.39, 0.29) is 12.0 Å². The third kappa shape index (κ3) is 14.0. The van der Waals surface area contributed by atoms with Gasteiger partial charge in [-0.2, -0.15) is 0 Å². The van der Waals surface area contributed by atoms with Gasteiger partial charge in [0.25, 0.3) is 0 Å². The number of ketones is 1. The van der Waals surface area contributed by atoms with E-state index in [0.717, 1.165) is 51.4 Å². The van der Waals surface area contributed by atoms with Crippen LogP contribution in [0.4, 0.5) is 0 Å². The van der Waals surface area contributed by atoms with Crippen LogP contribution in [-0.4, -0.2) is 33.9 Å². The third-order valence-corrected chi connectivity index (χ3v) is 4.66. The molecule has 0 aliphatic rings. The lowest BCUT2D eigenvalue weighted by atomic mass is 9.97. The van der Waals surface area contributed by atoms with Crippen molar-refractivity contribution in [2.24, 2.45) is 5.92 Å². The first-order chi connectivity index (χ1) is 12.0. The summed E-state index contributed by atoms with van der Waals surface area (Å²) in [4.78, 5) is 22.4. The van der Waals surface area contributed by atoms with Crippen molar-refractivity contribution in [3.05, 3.63) is 12.2 Å². The smallest absolute Gasteiger partial charge is 0.314 e. The van der Waals surface area contributed by atoms with Crippen LogP contribution in [0.15, 0.2) is 12.2 Å². The lowest BCUT2D eigenvalue weighted by molar-refractivity contribution is -0.145. The lowest BCUT2D eigenvalue weighted by Gasteiger charge is -2.09. The molecule has 0 bridgehead atoms. The van der Waals surface area contributed by atoms with Crippen molar-refractivity contribution >= 4 is 23.4 Å². The molecule has 0 radical (unpaired) electrons. The second-order valence-corrected chi connectivity index (χ2v) is 6.96. The van der Waals surface area contributed by atoms with Gasteiger partial charge in [-0.3, -0.25) is 9.59 Å². The number of aliphatic carboxylic acids is 1. The van der Waals surface area contributed by atoms with Gasteiger partial charge in [-0.1, -0.05) is 64.0 Å². The summed E-state index contributed by atoms with van der Waals surface area (Å²) in [6.07, 6.45) is 15.4. The number of aliphatic hydroxyl groups excluding tert-OH is 1. The van der Waals surface area contributed by atoms with Gasteiger partial charge in [0.2, 0.25) is 0 Å². The Bertz CT molecular complexity index is 382. The highest BCUT2D eigenvalue weighted by Gasteiger charge is 2.24. The van der Waals surface area contributed by atoms with Crippen LogP contribution < -0.4 is 0 Å². The quantitative estimate of drug-likeness (QED) is 0.160. The van der Waals surface area contributed by atoms with Gasteiger partial charge in [0, 0.05) is 0 Å². The molecule has 0 amide bonds. The second-order valence-electron chi connectivity index (χ2n) is 6.69.